The maximum atomic E-state index is 12.5. The molecule has 110 valence electrons. The van der Waals surface area contributed by atoms with E-state index in [0.29, 0.717) is 30.8 Å². The Morgan fingerprint density at radius 3 is 2.55 bits per heavy atom. The first-order valence-electron chi connectivity index (χ1n) is 7.72. The number of carbonyl (C=O) groups excluding carboxylic acids is 2. The van der Waals surface area contributed by atoms with E-state index in [1.807, 2.05) is 6.92 Å². The lowest BCUT2D eigenvalue weighted by molar-refractivity contribution is -0.135. The normalized spacial score (nSPS) is 33.5. The van der Waals surface area contributed by atoms with E-state index in [2.05, 4.69) is 32.9 Å². The third kappa shape index (κ3) is 2.41. The van der Waals surface area contributed by atoms with Gasteiger partial charge in [0, 0.05) is 23.7 Å². The molecule has 1 fully saturated rings. The van der Waals surface area contributed by atoms with E-state index in [-0.39, 0.29) is 5.41 Å². The molecule has 0 spiro atoms. The average molecular weight is 274 g/mol. The molecule has 20 heavy (non-hydrogen) atoms. The Bertz CT molecular complexity index is 494. The molecule has 2 aliphatic rings. The Balaban J connectivity index is 2.33. The van der Waals surface area contributed by atoms with Crippen molar-refractivity contribution in [3.63, 3.8) is 0 Å². The first kappa shape index (κ1) is 15.2. The van der Waals surface area contributed by atoms with Gasteiger partial charge in [-0.2, -0.15) is 0 Å². The molecule has 0 aromatic rings. The van der Waals surface area contributed by atoms with Crippen LogP contribution in [0.2, 0.25) is 0 Å². The number of allylic oxidation sites excluding steroid dienone is 4. The van der Waals surface area contributed by atoms with Crippen molar-refractivity contribution in [2.75, 3.05) is 0 Å². The fourth-order valence-electron chi connectivity index (χ4n) is 3.82. The van der Waals surface area contributed by atoms with Gasteiger partial charge >= 0.3 is 0 Å². The van der Waals surface area contributed by atoms with Crippen LogP contribution in [0.5, 0.6) is 0 Å². The number of carbonyl (C=O) groups is 2. The Labute approximate surface area is 122 Å². The minimum atomic E-state index is -0.435. The quantitative estimate of drug-likeness (QED) is 0.715. The topological polar surface area (TPSA) is 34.1 Å². The number of hydrogen-bond donors (Lipinski definition) is 0. The summed E-state index contributed by atoms with van der Waals surface area (Å²) in [5, 5.41) is 0. The Morgan fingerprint density at radius 2 is 1.90 bits per heavy atom. The number of fused-ring (bicyclic) bond motifs is 1. The fraction of sp³-hybridized carbons (Fsp3) is 0.667. The molecule has 0 aromatic carbocycles. The minimum absolute atomic E-state index is 0.318. The highest BCUT2D eigenvalue weighted by atomic mass is 16.1. The van der Waals surface area contributed by atoms with Gasteiger partial charge < -0.3 is 0 Å². The van der Waals surface area contributed by atoms with E-state index in [1.54, 1.807) is 0 Å². The molecule has 2 atom stereocenters. The zero-order chi connectivity index (χ0) is 15.0. The van der Waals surface area contributed by atoms with Crippen LogP contribution in [0.3, 0.4) is 0 Å². The molecule has 0 saturated heterocycles. The van der Waals surface area contributed by atoms with Crippen molar-refractivity contribution in [3.8, 4) is 0 Å². The van der Waals surface area contributed by atoms with Crippen LogP contribution in [0.1, 0.15) is 66.2 Å². The van der Waals surface area contributed by atoms with Crippen molar-refractivity contribution in [2.24, 2.45) is 10.8 Å². The number of Topliss-reactive ketones (excluding diaryl/α,β-unsaturated/α-hetero) is 2. The smallest absolute Gasteiger partial charge is 0.143 e. The predicted molar refractivity (Wildman–Crippen MR) is 81.4 cm³/mol. The van der Waals surface area contributed by atoms with Gasteiger partial charge in [0.25, 0.3) is 0 Å². The summed E-state index contributed by atoms with van der Waals surface area (Å²) in [6.45, 7) is 8.26. The molecule has 2 nitrogen and oxygen atoms in total. The first-order valence-corrected chi connectivity index (χ1v) is 7.72. The standard InChI is InChI=1S/C18H26O2/c1-13(2)7-6-11-17(3)14-8-5-9-15(19)18(14,4)12-10-16(17)20/h7-8H,5-6,9-12H2,1-4H3/t17-,18-/m0/s1. The average Bonchev–Trinajstić information content (AvgIpc) is 2.37. The van der Waals surface area contributed by atoms with E-state index in [1.165, 1.54) is 5.57 Å². The maximum Gasteiger partial charge on any atom is 0.143 e. The van der Waals surface area contributed by atoms with Crippen molar-refractivity contribution in [3.05, 3.63) is 23.3 Å². The summed E-state index contributed by atoms with van der Waals surface area (Å²) in [4.78, 5) is 24.9. The molecule has 0 aliphatic heterocycles. The van der Waals surface area contributed by atoms with E-state index in [4.69, 9.17) is 0 Å². The second kappa shape index (κ2) is 5.31. The maximum absolute atomic E-state index is 12.5. The Hall–Kier alpha value is -1.18. The van der Waals surface area contributed by atoms with Crippen molar-refractivity contribution in [1.82, 2.24) is 0 Å². The monoisotopic (exact) mass is 274 g/mol. The van der Waals surface area contributed by atoms with Crippen molar-refractivity contribution < 1.29 is 9.59 Å². The summed E-state index contributed by atoms with van der Waals surface area (Å²) in [5.41, 5.74) is 1.58. The van der Waals surface area contributed by atoms with Crippen molar-refractivity contribution >= 4 is 11.6 Å². The third-order valence-corrected chi connectivity index (χ3v) is 5.19. The van der Waals surface area contributed by atoms with E-state index in [0.717, 1.165) is 24.8 Å². The molecule has 0 amide bonds. The summed E-state index contributed by atoms with van der Waals surface area (Å²) >= 11 is 0. The largest absolute Gasteiger partial charge is 0.299 e. The number of hydrogen-bond acceptors (Lipinski definition) is 2. The van der Waals surface area contributed by atoms with Crippen LogP contribution in [0.4, 0.5) is 0 Å². The molecule has 0 unspecified atom stereocenters. The second-order valence-electron chi connectivity index (χ2n) is 6.99. The zero-order valence-corrected chi connectivity index (χ0v) is 13.2. The van der Waals surface area contributed by atoms with Crippen LogP contribution < -0.4 is 0 Å². The van der Waals surface area contributed by atoms with E-state index >= 15 is 0 Å². The van der Waals surface area contributed by atoms with Gasteiger partial charge in [0.05, 0.1) is 0 Å². The van der Waals surface area contributed by atoms with E-state index < -0.39 is 5.41 Å². The highest BCUT2D eigenvalue weighted by Crippen LogP contribution is 2.54. The lowest BCUT2D eigenvalue weighted by atomic mass is 9.54. The van der Waals surface area contributed by atoms with Crippen LogP contribution in [0, 0.1) is 10.8 Å². The van der Waals surface area contributed by atoms with Crippen LogP contribution in [-0.4, -0.2) is 11.6 Å². The SMILES string of the molecule is CC(C)=CCC[C@]1(C)C(=O)CC[C@]2(C)C(=O)CCC=C12. The number of ketones is 2. The van der Waals surface area contributed by atoms with Crippen LogP contribution >= 0.6 is 0 Å². The van der Waals surface area contributed by atoms with Crippen LogP contribution in [0.25, 0.3) is 0 Å². The molecule has 2 heteroatoms. The zero-order valence-electron chi connectivity index (χ0n) is 13.2. The molecule has 2 aliphatic carbocycles. The van der Waals surface area contributed by atoms with Gasteiger partial charge in [-0.1, -0.05) is 17.7 Å². The van der Waals surface area contributed by atoms with Gasteiger partial charge in [-0.15, -0.1) is 0 Å². The second-order valence-corrected chi connectivity index (χ2v) is 6.99. The highest BCUT2D eigenvalue weighted by Gasteiger charge is 2.52. The van der Waals surface area contributed by atoms with Gasteiger partial charge in [0.15, 0.2) is 0 Å². The van der Waals surface area contributed by atoms with Gasteiger partial charge in [-0.3, -0.25) is 9.59 Å². The summed E-state index contributed by atoms with van der Waals surface area (Å²) in [6.07, 6.45) is 8.79. The highest BCUT2D eigenvalue weighted by molar-refractivity contribution is 5.97. The lowest BCUT2D eigenvalue weighted by Gasteiger charge is -2.47. The molecule has 0 heterocycles. The van der Waals surface area contributed by atoms with E-state index in [9.17, 15) is 9.59 Å². The van der Waals surface area contributed by atoms with Gasteiger partial charge in [-0.05, 0) is 59.0 Å². The fourth-order valence-corrected chi connectivity index (χ4v) is 3.82. The summed E-state index contributed by atoms with van der Waals surface area (Å²) in [7, 11) is 0. The molecule has 0 aromatic heterocycles. The Morgan fingerprint density at radius 1 is 1.20 bits per heavy atom. The van der Waals surface area contributed by atoms with Crippen LogP contribution in [0.15, 0.2) is 23.3 Å². The Kier molecular flexibility index (Phi) is 4.04. The van der Waals surface area contributed by atoms with Crippen molar-refractivity contribution in [1.29, 1.82) is 0 Å². The summed E-state index contributed by atoms with van der Waals surface area (Å²) in [5.74, 6) is 0.647. The molecule has 0 bridgehead atoms. The third-order valence-electron chi connectivity index (χ3n) is 5.19. The van der Waals surface area contributed by atoms with Gasteiger partial charge in [0.2, 0.25) is 0 Å². The van der Waals surface area contributed by atoms with Gasteiger partial charge in [-0.25, -0.2) is 0 Å². The van der Waals surface area contributed by atoms with Gasteiger partial charge in [0.1, 0.15) is 11.6 Å². The van der Waals surface area contributed by atoms with Crippen molar-refractivity contribution in [2.45, 2.75) is 66.2 Å². The lowest BCUT2D eigenvalue weighted by Crippen LogP contribution is -2.47. The molecule has 0 N–H and O–H groups in total. The molecular formula is C18H26O2. The van der Waals surface area contributed by atoms with Crippen LogP contribution in [-0.2, 0) is 9.59 Å². The number of rotatable bonds is 3. The molecule has 2 rings (SSSR count). The molecular weight excluding hydrogens is 248 g/mol. The summed E-state index contributed by atoms with van der Waals surface area (Å²) < 4.78 is 0. The summed E-state index contributed by atoms with van der Waals surface area (Å²) in [6, 6.07) is 0. The predicted octanol–water partition coefficient (Wildman–Crippen LogP) is 4.40. The first-order chi connectivity index (χ1) is 9.30. The minimum Gasteiger partial charge on any atom is -0.299 e. The molecule has 0 radical (unpaired) electrons. The molecule has 1 saturated carbocycles.